The van der Waals surface area contributed by atoms with Crippen molar-refractivity contribution in [3.8, 4) is 0 Å². The molecule has 1 aliphatic heterocycles. The second kappa shape index (κ2) is 5.07. The van der Waals surface area contributed by atoms with Crippen LogP contribution in [-0.2, 0) is 6.42 Å². The van der Waals surface area contributed by atoms with Gasteiger partial charge >= 0.3 is 0 Å². The van der Waals surface area contributed by atoms with Gasteiger partial charge in [-0.05, 0) is 37.0 Å². The van der Waals surface area contributed by atoms with Crippen molar-refractivity contribution in [2.24, 2.45) is 5.41 Å². The van der Waals surface area contributed by atoms with Crippen LogP contribution >= 0.6 is 0 Å². The Labute approximate surface area is 117 Å². The Morgan fingerprint density at radius 3 is 2.37 bits per heavy atom. The Morgan fingerprint density at radius 2 is 1.79 bits per heavy atom. The van der Waals surface area contributed by atoms with E-state index in [1.807, 2.05) is 0 Å². The van der Waals surface area contributed by atoms with Crippen LogP contribution in [0.15, 0.2) is 18.2 Å². The predicted molar refractivity (Wildman–Crippen MR) is 82.6 cm³/mol. The van der Waals surface area contributed by atoms with E-state index >= 15 is 0 Å². The van der Waals surface area contributed by atoms with Crippen LogP contribution in [-0.4, -0.2) is 13.1 Å². The summed E-state index contributed by atoms with van der Waals surface area (Å²) < 4.78 is 0. The molecule has 2 nitrogen and oxygen atoms in total. The first-order chi connectivity index (χ1) is 9.22. The minimum atomic E-state index is 0.634. The Hall–Kier alpha value is -1.18. The third-order valence-electron chi connectivity index (χ3n) is 5.09. The maximum atomic E-state index is 6.12. The Bertz CT molecular complexity index is 437. The van der Waals surface area contributed by atoms with Crippen LogP contribution in [0.4, 0.5) is 11.4 Å². The van der Waals surface area contributed by atoms with E-state index in [0.29, 0.717) is 5.41 Å². The average molecular weight is 258 g/mol. The molecular formula is C17H26N2. The minimum Gasteiger partial charge on any atom is -0.398 e. The van der Waals surface area contributed by atoms with E-state index in [0.717, 1.165) is 12.1 Å². The second-order valence-electron chi connectivity index (χ2n) is 6.51. The van der Waals surface area contributed by atoms with Gasteiger partial charge in [0.05, 0.1) is 0 Å². The highest BCUT2D eigenvalue weighted by molar-refractivity contribution is 5.61. The van der Waals surface area contributed by atoms with Gasteiger partial charge in [-0.15, -0.1) is 0 Å². The highest BCUT2D eigenvalue weighted by Gasteiger charge is 2.42. The van der Waals surface area contributed by atoms with Crippen LogP contribution in [0.2, 0.25) is 0 Å². The molecule has 0 amide bonds. The van der Waals surface area contributed by atoms with Crippen molar-refractivity contribution >= 4 is 11.4 Å². The van der Waals surface area contributed by atoms with E-state index in [1.54, 1.807) is 0 Å². The molecule has 0 radical (unpaired) electrons. The number of rotatable bonds is 2. The molecular weight excluding hydrogens is 232 g/mol. The number of nitrogens with two attached hydrogens (primary N) is 1. The fourth-order valence-electron chi connectivity index (χ4n) is 3.84. The standard InChI is InChI=1S/C17H26N2/c1-2-14-7-8-15(11-16(14)18)19-12-17(13-19)9-5-3-4-6-10-17/h7-8,11H,2-6,9-10,12-13,18H2,1H3. The van der Waals surface area contributed by atoms with Crippen molar-refractivity contribution in [1.29, 1.82) is 0 Å². The van der Waals surface area contributed by atoms with Gasteiger partial charge in [0.25, 0.3) is 0 Å². The Balaban J connectivity index is 1.68. The molecule has 1 saturated carbocycles. The van der Waals surface area contributed by atoms with Crippen LogP contribution in [0.5, 0.6) is 0 Å². The van der Waals surface area contributed by atoms with Gasteiger partial charge in [-0.2, -0.15) is 0 Å². The number of nitrogen functional groups attached to an aromatic ring is 1. The number of nitrogens with zero attached hydrogens (tertiary/aromatic N) is 1. The van der Waals surface area contributed by atoms with Gasteiger partial charge in [0.2, 0.25) is 0 Å². The first-order valence-electron chi connectivity index (χ1n) is 7.86. The summed E-state index contributed by atoms with van der Waals surface area (Å²) in [7, 11) is 0. The quantitative estimate of drug-likeness (QED) is 0.813. The monoisotopic (exact) mass is 258 g/mol. The van der Waals surface area contributed by atoms with Gasteiger partial charge in [0.1, 0.15) is 0 Å². The fourth-order valence-corrected chi connectivity index (χ4v) is 3.84. The van der Waals surface area contributed by atoms with E-state index in [4.69, 9.17) is 5.73 Å². The molecule has 1 saturated heterocycles. The summed E-state index contributed by atoms with van der Waals surface area (Å²) in [6.07, 6.45) is 9.66. The molecule has 1 aliphatic carbocycles. The van der Waals surface area contributed by atoms with Gasteiger partial charge in [0.15, 0.2) is 0 Å². The summed E-state index contributed by atoms with van der Waals surface area (Å²) in [5.41, 5.74) is 10.3. The lowest BCUT2D eigenvalue weighted by Crippen LogP contribution is -2.56. The van der Waals surface area contributed by atoms with E-state index in [9.17, 15) is 0 Å². The smallest absolute Gasteiger partial charge is 0.0387 e. The molecule has 3 rings (SSSR count). The fraction of sp³-hybridized carbons (Fsp3) is 0.647. The zero-order valence-corrected chi connectivity index (χ0v) is 12.1. The maximum Gasteiger partial charge on any atom is 0.0387 e. The molecule has 1 spiro atoms. The SMILES string of the molecule is CCc1ccc(N2CC3(CCCCCC3)C2)cc1N. The molecule has 2 heteroatoms. The summed E-state index contributed by atoms with van der Waals surface area (Å²) in [6, 6.07) is 6.61. The third-order valence-corrected chi connectivity index (χ3v) is 5.09. The summed E-state index contributed by atoms with van der Waals surface area (Å²) >= 11 is 0. The lowest BCUT2D eigenvalue weighted by Gasteiger charge is -2.51. The van der Waals surface area contributed by atoms with Crippen LogP contribution in [0, 0.1) is 5.41 Å². The number of benzene rings is 1. The van der Waals surface area contributed by atoms with Crippen molar-refractivity contribution in [3.05, 3.63) is 23.8 Å². The van der Waals surface area contributed by atoms with E-state index in [1.165, 1.54) is 62.9 Å². The Kier molecular flexibility index (Phi) is 3.42. The molecule has 104 valence electrons. The van der Waals surface area contributed by atoms with Crippen molar-refractivity contribution in [1.82, 2.24) is 0 Å². The molecule has 1 heterocycles. The van der Waals surface area contributed by atoms with Crippen LogP contribution in [0.1, 0.15) is 51.0 Å². The Morgan fingerprint density at radius 1 is 1.11 bits per heavy atom. The average Bonchev–Trinajstić information content (AvgIpc) is 2.62. The largest absolute Gasteiger partial charge is 0.398 e. The molecule has 0 bridgehead atoms. The molecule has 19 heavy (non-hydrogen) atoms. The number of hydrogen-bond acceptors (Lipinski definition) is 2. The summed E-state index contributed by atoms with van der Waals surface area (Å²) in [5, 5.41) is 0. The zero-order valence-electron chi connectivity index (χ0n) is 12.1. The summed E-state index contributed by atoms with van der Waals surface area (Å²) in [4.78, 5) is 2.52. The van der Waals surface area contributed by atoms with Gasteiger partial charge in [-0.25, -0.2) is 0 Å². The molecule has 0 atom stereocenters. The van der Waals surface area contributed by atoms with Crippen molar-refractivity contribution in [2.45, 2.75) is 51.9 Å². The van der Waals surface area contributed by atoms with Crippen molar-refractivity contribution in [2.75, 3.05) is 23.7 Å². The topological polar surface area (TPSA) is 29.3 Å². The van der Waals surface area contributed by atoms with Gasteiger partial charge in [-0.3, -0.25) is 0 Å². The van der Waals surface area contributed by atoms with E-state index in [-0.39, 0.29) is 0 Å². The number of hydrogen-bond donors (Lipinski definition) is 1. The van der Waals surface area contributed by atoms with Gasteiger partial charge < -0.3 is 10.6 Å². The van der Waals surface area contributed by atoms with Crippen LogP contribution < -0.4 is 10.6 Å². The highest BCUT2D eigenvalue weighted by atomic mass is 15.2. The molecule has 0 aromatic heterocycles. The normalized spacial score (nSPS) is 22.1. The highest BCUT2D eigenvalue weighted by Crippen LogP contribution is 2.44. The predicted octanol–water partition coefficient (Wildman–Crippen LogP) is 3.99. The molecule has 1 aromatic rings. The molecule has 1 aromatic carbocycles. The zero-order chi connectivity index (χ0) is 13.3. The van der Waals surface area contributed by atoms with Crippen LogP contribution in [0.25, 0.3) is 0 Å². The first kappa shape index (κ1) is 12.8. The number of anilines is 2. The first-order valence-corrected chi connectivity index (χ1v) is 7.86. The van der Waals surface area contributed by atoms with Crippen molar-refractivity contribution in [3.63, 3.8) is 0 Å². The summed E-state index contributed by atoms with van der Waals surface area (Å²) in [5.74, 6) is 0. The number of aryl methyl sites for hydroxylation is 1. The molecule has 2 fully saturated rings. The lowest BCUT2D eigenvalue weighted by molar-refractivity contribution is 0.180. The molecule has 2 N–H and O–H groups in total. The van der Waals surface area contributed by atoms with Crippen molar-refractivity contribution < 1.29 is 0 Å². The van der Waals surface area contributed by atoms with Gasteiger partial charge in [0, 0.05) is 29.9 Å². The van der Waals surface area contributed by atoms with E-state index in [2.05, 4.69) is 30.0 Å². The summed E-state index contributed by atoms with van der Waals surface area (Å²) in [6.45, 7) is 4.66. The molecule has 2 aliphatic rings. The lowest BCUT2D eigenvalue weighted by atomic mass is 9.73. The second-order valence-corrected chi connectivity index (χ2v) is 6.51. The third kappa shape index (κ3) is 2.45. The maximum absolute atomic E-state index is 6.12. The van der Waals surface area contributed by atoms with E-state index < -0.39 is 0 Å². The van der Waals surface area contributed by atoms with Gasteiger partial charge in [-0.1, -0.05) is 38.7 Å². The minimum absolute atomic E-state index is 0.634. The molecule has 0 unspecified atom stereocenters. The van der Waals surface area contributed by atoms with Crippen LogP contribution in [0.3, 0.4) is 0 Å².